The maximum absolute atomic E-state index is 12.8. The number of ether oxygens (including phenoxy) is 2. The number of hydrogen-bond donors (Lipinski definition) is 3. The van der Waals surface area contributed by atoms with Gasteiger partial charge in [0.05, 0.1) is 31.5 Å². The first-order chi connectivity index (χ1) is 13.5. The van der Waals surface area contributed by atoms with E-state index in [9.17, 15) is 9.59 Å². The maximum Gasteiger partial charge on any atom is 0.320 e. The highest BCUT2D eigenvalue weighted by atomic mass is 79.9. The van der Waals surface area contributed by atoms with E-state index >= 15 is 0 Å². The van der Waals surface area contributed by atoms with E-state index in [1.54, 1.807) is 26.3 Å². The van der Waals surface area contributed by atoms with Gasteiger partial charge in [0.2, 0.25) is 0 Å². The number of urea groups is 1. The van der Waals surface area contributed by atoms with E-state index in [1.165, 1.54) is 7.11 Å². The number of nitrogens with one attached hydrogen (secondary N) is 3. The van der Waals surface area contributed by atoms with Crippen molar-refractivity contribution in [3.05, 3.63) is 63.6 Å². The van der Waals surface area contributed by atoms with Crippen LogP contribution >= 0.6 is 15.9 Å². The molecule has 1 atom stereocenters. The van der Waals surface area contributed by atoms with Crippen LogP contribution in [0.1, 0.15) is 17.2 Å². The molecule has 28 heavy (non-hydrogen) atoms. The van der Waals surface area contributed by atoms with Gasteiger partial charge in [0.1, 0.15) is 0 Å². The minimum Gasteiger partial charge on any atom is -0.493 e. The second kappa shape index (κ2) is 8.35. The first-order valence-corrected chi connectivity index (χ1v) is 9.30. The van der Waals surface area contributed by atoms with Crippen molar-refractivity contribution < 1.29 is 19.1 Å². The standard InChI is InChI=1S/C20H20BrN3O4/c1-22-19(25)16-17(11-7-5-4-6-8-11)23-20(26)24-18(16)12-9-14(27-2)15(28-3)10-13(12)21/h4-10,18H,1-3H3,(H,22,25)(H2,23,24,26)/t18-/m1/s1. The van der Waals surface area contributed by atoms with Gasteiger partial charge in [-0.25, -0.2) is 4.79 Å². The second-order valence-electron chi connectivity index (χ2n) is 5.99. The van der Waals surface area contributed by atoms with Gasteiger partial charge in [-0.05, 0) is 23.3 Å². The highest BCUT2D eigenvalue weighted by Crippen LogP contribution is 2.40. The van der Waals surface area contributed by atoms with E-state index in [1.807, 2.05) is 30.3 Å². The summed E-state index contributed by atoms with van der Waals surface area (Å²) in [5, 5.41) is 8.26. The van der Waals surface area contributed by atoms with Crippen LogP contribution in [0.5, 0.6) is 11.5 Å². The van der Waals surface area contributed by atoms with Gasteiger partial charge in [-0.15, -0.1) is 0 Å². The van der Waals surface area contributed by atoms with Gasteiger partial charge in [-0.3, -0.25) is 4.79 Å². The number of amides is 3. The Morgan fingerprint density at radius 3 is 2.36 bits per heavy atom. The van der Waals surface area contributed by atoms with Crippen molar-refractivity contribution in [2.75, 3.05) is 21.3 Å². The lowest BCUT2D eigenvalue weighted by atomic mass is 9.92. The first-order valence-electron chi connectivity index (χ1n) is 8.50. The average molecular weight is 446 g/mol. The predicted molar refractivity (Wildman–Crippen MR) is 109 cm³/mol. The van der Waals surface area contributed by atoms with E-state index in [0.29, 0.717) is 32.8 Å². The molecule has 1 heterocycles. The summed E-state index contributed by atoms with van der Waals surface area (Å²) in [6.45, 7) is 0. The quantitative estimate of drug-likeness (QED) is 0.659. The molecule has 3 N–H and O–H groups in total. The number of hydrogen-bond acceptors (Lipinski definition) is 4. The molecule has 0 aliphatic carbocycles. The number of benzene rings is 2. The summed E-state index contributed by atoms with van der Waals surface area (Å²) in [5.41, 5.74) is 2.24. The SMILES string of the molecule is CNC(=O)C1=C(c2ccccc2)NC(=O)N[C@@H]1c1cc(OC)c(OC)cc1Br. The van der Waals surface area contributed by atoms with Crippen molar-refractivity contribution >= 4 is 33.6 Å². The number of carbonyl (C=O) groups excluding carboxylic acids is 2. The van der Waals surface area contributed by atoms with Gasteiger partial charge in [0, 0.05) is 11.5 Å². The van der Waals surface area contributed by atoms with Crippen molar-refractivity contribution in [3.63, 3.8) is 0 Å². The van der Waals surface area contributed by atoms with E-state index in [0.717, 1.165) is 5.56 Å². The third-order valence-corrected chi connectivity index (χ3v) is 5.11. The Hall–Kier alpha value is -3.00. The summed E-state index contributed by atoms with van der Waals surface area (Å²) in [4.78, 5) is 25.2. The monoisotopic (exact) mass is 445 g/mol. The Morgan fingerprint density at radius 1 is 1.11 bits per heavy atom. The van der Waals surface area contributed by atoms with Crippen LogP contribution < -0.4 is 25.4 Å². The minimum atomic E-state index is -0.696. The van der Waals surface area contributed by atoms with Crippen LogP contribution in [0.4, 0.5) is 4.79 Å². The molecule has 0 spiro atoms. The van der Waals surface area contributed by atoms with E-state index in [-0.39, 0.29) is 5.91 Å². The molecule has 146 valence electrons. The molecule has 0 fully saturated rings. The maximum atomic E-state index is 12.8. The average Bonchev–Trinajstić information content (AvgIpc) is 2.72. The van der Waals surface area contributed by atoms with Crippen molar-refractivity contribution in [3.8, 4) is 11.5 Å². The molecule has 3 amide bonds. The Morgan fingerprint density at radius 2 is 1.75 bits per heavy atom. The molecule has 0 saturated carbocycles. The van der Waals surface area contributed by atoms with Gasteiger partial charge in [0.25, 0.3) is 5.91 Å². The minimum absolute atomic E-state index is 0.307. The van der Waals surface area contributed by atoms with E-state index in [2.05, 4.69) is 31.9 Å². The van der Waals surface area contributed by atoms with Crippen LogP contribution in [0.2, 0.25) is 0 Å². The predicted octanol–water partition coefficient (Wildman–Crippen LogP) is 2.98. The summed E-state index contributed by atoms with van der Waals surface area (Å²) in [5.74, 6) is 0.719. The van der Waals surface area contributed by atoms with Gasteiger partial charge >= 0.3 is 6.03 Å². The fraction of sp³-hybridized carbons (Fsp3) is 0.200. The van der Waals surface area contributed by atoms with Gasteiger partial charge in [-0.1, -0.05) is 46.3 Å². The summed E-state index contributed by atoms with van der Waals surface area (Å²) >= 11 is 3.52. The highest BCUT2D eigenvalue weighted by Gasteiger charge is 2.34. The molecule has 7 nitrogen and oxygen atoms in total. The number of rotatable bonds is 5. The van der Waals surface area contributed by atoms with Crippen molar-refractivity contribution in [1.29, 1.82) is 0 Å². The molecule has 3 rings (SSSR count). The van der Waals surface area contributed by atoms with Crippen molar-refractivity contribution in [1.82, 2.24) is 16.0 Å². The third-order valence-electron chi connectivity index (χ3n) is 4.42. The summed E-state index contributed by atoms with van der Waals surface area (Å²) in [7, 11) is 4.62. The topological polar surface area (TPSA) is 88.7 Å². The van der Waals surface area contributed by atoms with Crippen molar-refractivity contribution in [2.45, 2.75) is 6.04 Å². The van der Waals surface area contributed by atoms with Gasteiger partial charge < -0.3 is 25.4 Å². The fourth-order valence-corrected chi connectivity index (χ4v) is 3.65. The zero-order valence-corrected chi connectivity index (χ0v) is 17.2. The van der Waals surface area contributed by atoms with Crippen LogP contribution in [0.3, 0.4) is 0 Å². The highest BCUT2D eigenvalue weighted by molar-refractivity contribution is 9.10. The fourth-order valence-electron chi connectivity index (χ4n) is 3.10. The lowest BCUT2D eigenvalue weighted by Gasteiger charge is -2.30. The third kappa shape index (κ3) is 3.68. The molecular weight excluding hydrogens is 426 g/mol. The molecule has 0 saturated heterocycles. The zero-order chi connectivity index (χ0) is 20.3. The van der Waals surface area contributed by atoms with Crippen LogP contribution in [0.25, 0.3) is 5.70 Å². The molecule has 1 aliphatic heterocycles. The van der Waals surface area contributed by atoms with Crippen molar-refractivity contribution in [2.24, 2.45) is 0 Å². The van der Waals surface area contributed by atoms with E-state index < -0.39 is 12.1 Å². The largest absolute Gasteiger partial charge is 0.493 e. The Bertz CT molecular complexity index is 944. The Kier molecular flexibility index (Phi) is 5.89. The number of carbonyl (C=O) groups is 2. The lowest BCUT2D eigenvalue weighted by molar-refractivity contribution is -0.117. The summed E-state index contributed by atoms with van der Waals surface area (Å²) in [6, 6.07) is 11.6. The van der Waals surface area contributed by atoms with Crippen LogP contribution in [-0.4, -0.2) is 33.2 Å². The molecule has 2 aromatic carbocycles. The molecule has 2 aromatic rings. The molecule has 0 unspecified atom stereocenters. The van der Waals surface area contributed by atoms with Crippen LogP contribution in [0.15, 0.2) is 52.5 Å². The number of likely N-dealkylation sites (N-methyl/N-ethyl adjacent to an activating group) is 1. The van der Waals surface area contributed by atoms with Gasteiger partial charge in [-0.2, -0.15) is 0 Å². The molecular formula is C20H20BrN3O4. The zero-order valence-electron chi connectivity index (χ0n) is 15.6. The van der Waals surface area contributed by atoms with Crippen LogP contribution in [0, 0.1) is 0 Å². The first kappa shape index (κ1) is 19.8. The lowest BCUT2D eigenvalue weighted by Crippen LogP contribution is -2.46. The smallest absolute Gasteiger partial charge is 0.320 e. The number of methoxy groups -OCH3 is 2. The Labute approximate surface area is 171 Å². The summed E-state index contributed by atoms with van der Waals surface area (Å²) in [6.07, 6.45) is 0. The normalized spacial score (nSPS) is 16.1. The molecule has 0 bridgehead atoms. The van der Waals surface area contributed by atoms with Crippen LogP contribution in [-0.2, 0) is 4.79 Å². The summed E-state index contributed by atoms with van der Waals surface area (Å²) < 4.78 is 11.4. The molecule has 0 radical (unpaired) electrons. The molecule has 1 aliphatic rings. The molecule has 8 heteroatoms. The van der Waals surface area contributed by atoms with E-state index in [4.69, 9.17) is 9.47 Å². The second-order valence-corrected chi connectivity index (χ2v) is 6.85. The Balaban J connectivity index is 2.24. The number of halogens is 1. The van der Waals surface area contributed by atoms with Gasteiger partial charge in [0.15, 0.2) is 11.5 Å². The molecule has 0 aromatic heterocycles.